The lowest BCUT2D eigenvalue weighted by molar-refractivity contribution is -0.129. The van der Waals surface area contributed by atoms with Gasteiger partial charge >= 0.3 is 5.97 Å². The number of aromatic nitrogens is 2. The van der Waals surface area contributed by atoms with Gasteiger partial charge in [-0.2, -0.15) is 5.10 Å². The van der Waals surface area contributed by atoms with E-state index < -0.39 is 5.97 Å². The van der Waals surface area contributed by atoms with Crippen LogP contribution in [0.3, 0.4) is 0 Å². The van der Waals surface area contributed by atoms with Crippen molar-refractivity contribution >= 4 is 46.4 Å². The molecule has 0 bridgehead atoms. The first-order valence-electron chi connectivity index (χ1n) is 8.87. The zero-order valence-corrected chi connectivity index (χ0v) is 17.9. The summed E-state index contributed by atoms with van der Waals surface area (Å²) in [5.41, 5.74) is 4.02. The van der Waals surface area contributed by atoms with E-state index in [2.05, 4.69) is 32.7 Å². The molecule has 1 aliphatic heterocycles. The molecule has 7 heteroatoms. The molecule has 0 spiro atoms. The Labute approximate surface area is 181 Å². The summed E-state index contributed by atoms with van der Waals surface area (Å²) in [6, 6.07) is 15.2. The minimum absolute atomic E-state index is 0.163. The molecule has 144 valence electrons. The molecule has 0 atom stereocenters. The van der Waals surface area contributed by atoms with Crippen molar-refractivity contribution in [3.63, 3.8) is 0 Å². The summed E-state index contributed by atoms with van der Waals surface area (Å²) in [5.74, 6) is -0.494. The molecule has 3 aromatic rings. The molecule has 0 saturated heterocycles. The van der Waals surface area contributed by atoms with Crippen LogP contribution < -0.4 is 0 Å². The Balaban J connectivity index is 1.77. The third-order valence-corrected chi connectivity index (χ3v) is 5.64. The highest BCUT2D eigenvalue weighted by atomic mass is 127. The van der Waals surface area contributed by atoms with E-state index in [1.807, 2.05) is 55.5 Å². The van der Waals surface area contributed by atoms with Gasteiger partial charge in [0.2, 0.25) is 11.8 Å². The number of ether oxygens (including phenoxy) is 1. The minimum atomic E-state index is -0.536. The number of benzene rings is 2. The zero-order chi connectivity index (χ0) is 20.5. The van der Waals surface area contributed by atoms with Crippen molar-refractivity contribution in [3.05, 3.63) is 80.7 Å². The first-order valence-corrected chi connectivity index (χ1v) is 9.95. The largest absolute Gasteiger partial charge is 0.402 e. The molecule has 4 rings (SSSR count). The van der Waals surface area contributed by atoms with Gasteiger partial charge in [-0.25, -0.2) is 14.5 Å². The summed E-state index contributed by atoms with van der Waals surface area (Å²) in [7, 11) is 0. The number of aliphatic imine (C=N–C) groups is 1. The first kappa shape index (κ1) is 19.3. The second-order valence-electron chi connectivity index (χ2n) is 6.56. The minimum Gasteiger partial charge on any atom is -0.402 e. The smallest absolute Gasteiger partial charge is 0.363 e. The number of cyclic esters (lactones) is 1. The summed E-state index contributed by atoms with van der Waals surface area (Å²) in [4.78, 5) is 28.6. The van der Waals surface area contributed by atoms with Crippen LogP contribution in [0.1, 0.15) is 28.4 Å². The van der Waals surface area contributed by atoms with E-state index in [1.54, 1.807) is 12.3 Å². The molecular weight excluding hydrogens is 481 g/mol. The Morgan fingerprint density at radius 2 is 1.90 bits per heavy atom. The van der Waals surface area contributed by atoms with Crippen LogP contribution in [0.5, 0.6) is 0 Å². The molecular formula is C22H16IN3O3. The molecule has 0 N–H and O–H groups in total. The van der Waals surface area contributed by atoms with E-state index >= 15 is 0 Å². The van der Waals surface area contributed by atoms with Crippen LogP contribution in [0.25, 0.3) is 17.3 Å². The number of carbonyl (C=O) groups is 2. The first-order chi connectivity index (χ1) is 13.9. The molecule has 0 saturated carbocycles. The lowest BCUT2D eigenvalue weighted by atomic mass is 10.1. The van der Waals surface area contributed by atoms with Crippen LogP contribution in [0.15, 0.2) is 65.4 Å². The predicted octanol–water partition coefficient (Wildman–Crippen LogP) is 4.47. The fraction of sp³-hybridized carbons (Fsp3) is 0.0909. The van der Waals surface area contributed by atoms with Crippen LogP contribution in [0.2, 0.25) is 0 Å². The molecule has 0 fully saturated rings. The van der Waals surface area contributed by atoms with E-state index in [0.717, 1.165) is 20.3 Å². The normalized spacial score (nSPS) is 14.8. The molecule has 6 nitrogen and oxygen atoms in total. The Hall–Kier alpha value is -3.07. The SMILES string of the molecule is CC(=O)n1cc(/C=C2\N=C(c3ccc(I)c(C)c3)OC2=O)c(-c2ccccc2)n1. The van der Waals surface area contributed by atoms with E-state index in [0.29, 0.717) is 11.3 Å². The summed E-state index contributed by atoms with van der Waals surface area (Å²) in [6.45, 7) is 3.42. The molecule has 0 radical (unpaired) electrons. The number of aryl methyl sites for hydroxylation is 1. The lowest BCUT2D eigenvalue weighted by Crippen LogP contribution is -2.05. The number of carbonyl (C=O) groups excluding carboxylic acids is 2. The highest BCUT2D eigenvalue weighted by Gasteiger charge is 2.25. The molecule has 0 unspecified atom stereocenters. The Morgan fingerprint density at radius 1 is 1.14 bits per heavy atom. The van der Waals surface area contributed by atoms with Gasteiger partial charge < -0.3 is 4.74 Å². The van der Waals surface area contributed by atoms with E-state index in [4.69, 9.17) is 4.74 Å². The summed E-state index contributed by atoms with van der Waals surface area (Å²) in [6.07, 6.45) is 3.19. The summed E-state index contributed by atoms with van der Waals surface area (Å²) >= 11 is 2.25. The zero-order valence-electron chi connectivity index (χ0n) is 15.7. The van der Waals surface area contributed by atoms with Crippen molar-refractivity contribution in [3.8, 4) is 11.3 Å². The van der Waals surface area contributed by atoms with Crippen LogP contribution in [0.4, 0.5) is 0 Å². The van der Waals surface area contributed by atoms with Gasteiger partial charge in [0, 0.05) is 33.4 Å². The van der Waals surface area contributed by atoms with Crippen LogP contribution >= 0.6 is 22.6 Å². The van der Waals surface area contributed by atoms with E-state index in [9.17, 15) is 9.59 Å². The molecule has 2 aromatic carbocycles. The number of nitrogens with zero attached hydrogens (tertiary/aromatic N) is 3. The highest BCUT2D eigenvalue weighted by Crippen LogP contribution is 2.27. The lowest BCUT2D eigenvalue weighted by Gasteiger charge is -2.02. The van der Waals surface area contributed by atoms with Crippen molar-refractivity contribution in [1.82, 2.24) is 9.78 Å². The second kappa shape index (κ2) is 7.75. The van der Waals surface area contributed by atoms with Crippen molar-refractivity contribution < 1.29 is 14.3 Å². The fourth-order valence-corrected chi connectivity index (χ4v) is 3.27. The Bertz CT molecular complexity index is 1190. The fourth-order valence-electron chi connectivity index (χ4n) is 2.93. The van der Waals surface area contributed by atoms with Crippen LogP contribution in [0, 0.1) is 10.5 Å². The molecule has 1 aliphatic rings. The number of hydrogen-bond acceptors (Lipinski definition) is 5. The monoisotopic (exact) mass is 497 g/mol. The maximum atomic E-state index is 12.4. The topological polar surface area (TPSA) is 73.6 Å². The summed E-state index contributed by atoms with van der Waals surface area (Å²) in [5, 5.41) is 4.37. The maximum absolute atomic E-state index is 12.4. The van der Waals surface area contributed by atoms with Gasteiger partial charge in [-0.1, -0.05) is 30.3 Å². The van der Waals surface area contributed by atoms with E-state index in [1.165, 1.54) is 11.6 Å². The van der Waals surface area contributed by atoms with Gasteiger partial charge in [-0.05, 0) is 59.4 Å². The molecule has 2 heterocycles. The van der Waals surface area contributed by atoms with Gasteiger partial charge in [-0.15, -0.1) is 0 Å². The number of esters is 1. The van der Waals surface area contributed by atoms with Crippen LogP contribution in [-0.2, 0) is 9.53 Å². The molecule has 0 amide bonds. The average Bonchev–Trinajstić information content (AvgIpc) is 3.29. The Morgan fingerprint density at radius 3 is 2.59 bits per heavy atom. The summed E-state index contributed by atoms with van der Waals surface area (Å²) < 4.78 is 7.75. The van der Waals surface area contributed by atoms with Crippen molar-refractivity contribution in [2.24, 2.45) is 4.99 Å². The quantitative estimate of drug-likeness (QED) is 0.304. The van der Waals surface area contributed by atoms with Crippen molar-refractivity contribution in [1.29, 1.82) is 0 Å². The van der Waals surface area contributed by atoms with Crippen molar-refractivity contribution in [2.45, 2.75) is 13.8 Å². The third-order valence-electron chi connectivity index (χ3n) is 4.43. The number of hydrogen-bond donors (Lipinski definition) is 0. The van der Waals surface area contributed by atoms with Gasteiger partial charge in [0.1, 0.15) is 5.69 Å². The van der Waals surface area contributed by atoms with Crippen molar-refractivity contribution in [2.75, 3.05) is 0 Å². The predicted molar refractivity (Wildman–Crippen MR) is 118 cm³/mol. The standard InChI is InChI=1S/C22H16IN3O3/c1-13-10-16(8-9-18(13)23)21-24-19(22(28)29-21)11-17-12-26(14(2)27)25-20(17)15-6-4-3-5-7-15/h3-12H,1-2H3/b19-11-. The number of halogens is 1. The average molecular weight is 497 g/mol. The molecule has 29 heavy (non-hydrogen) atoms. The number of rotatable bonds is 3. The van der Waals surface area contributed by atoms with Gasteiger partial charge in [-0.3, -0.25) is 4.79 Å². The van der Waals surface area contributed by atoms with Gasteiger partial charge in [0.15, 0.2) is 5.70 Å². The van der Waals surface area contributed by atoms with Gasteiger partial charge in [0.25, 0.3) is 0 Å². The van der Waals surface area contributed by atoms with E-state index in [-0.39, 0.29) is 17.5 Å². The maximum Gasteiger partial charge on any atom is 0.363 e. The third kappa shape index (κ3) is 3.91. The van der Waals surface area contributed by atoms with Gasteiger partial charge in [0.05, 0.1) is 0 Å². The van der Waals surface area contributed by atoms with Crippen LogP contribution in [-0.4, -0.2) is 27.6 Å². The molecule has 0 aliphatic carbocycles. The highest BCUT2D eigenvalue weighted by molar-refractivity contribution is 14.1. The molecule has 1 aromatic heterocycles. The second-order valence-corrected chi connectivity index (χ2v) is 7.72. The Kier molecular flexibility index (Phi) is 5.14.